The van der Waals surface area contributed by atoms with Crippen LogP contribution in [0.1, 0.15) is 6.92 Å². The number of carbonyl (C=O) groups excluding carboxylic acids is 2. The molecule has 0 aromatic heterocycles. The fraction of sp³-hybridized carbons (Fsp3) is 0.667. The van der Waals surface area contributed by atoms with E-state index in [1.807, 2.05) is 19.6 Å². The van der Waals surface area contributed by atoms with Crippen molar-refractivity contribution in [2.45, 2.75) is 26.6 Å². The second kappa shape index (κ2) is 2.96. The van der Waals surface area contributed by atoms with Gasteiger partial charge in [-0.3, -0.25) is 4.79 Å². The molecule has 0 N–H and O–H groups in total. The van der Waals surface area contributed by atoms with Crippen LogP contribution < -0.4 is 0 Å². The Labute approximate surface area is 61.5 Å². The average Bonchev–Trinajstić information content (AvgIpc) is 1.60. The molecule has 0 aliphatic heterocycles. The lowest BCUT2D eigenvalue weighted by molar-refractivity contribution is -0.146. The highest BCUT2D eigenvalue weighted by Crippen LogP contribution is 2.02. The molecular formula is C6H12O3Si. The summed E-state index contributed by atoms with van der Waals surface area (Å²) in [6.07, 6.45) is 0. The van der Waals surface area contributed by atoms with Gasteiger partial charge in [0, 0.05) is 6.92 Å². The highest BCUT2D eigenvalue weighted by molar-refractivity contribution is 6.72. The molecule has 0 unspecified atom stereocenters. The Morgan fingerprint density at radius 3 is 1.70 bits per heavy atom. The average molecular weight is 160 g/mol. The molecule has 58 valence electrons. The summed E-state index contributed by atoms with van der Waals surface area (Å²) in [5, 5.41) is 0. The normalized spacial score (nSPS) is 10.8. The maximum Gasteiger partial charge on any atom is 0.360 e. The summed E-state index contributed by atoms with van der Waals surface area (Å²) in [4.78, 5) is 21.0. The van der Waals surface area contributed by atoms with Gasteiger partial charge in [-0.15, -0.1) is 0 Å². The number of ketones is 1. The number of hydrogen-bond acceptors (Lipinski definition) is 3. The van der Waals surface area contributed by atoms with Crippen LogP contribution in [0.5, 0.6) is 0 Å². The van der Waals surface area contributed by atoms with Gasteiger partial charge in [-0.05, 0) is 19.6 Å². The fourth-order valence-corrected chi connectivity index (χ4v) is 1.05. The molecule has 4 heteroatoms. The van der Waals surface area contributed by atoms with E-state index in [0.717, 1.165) is 0 Å². The molecule has 0 amide bonds. The van der Waals surface area contributed by atoms with Crippen molar-refractivity contribution >= 4 is 20.1 Å². The monoisotopic (exact) mass is 160 g/mol. The zero-order valence-electron chi connectivity index (χ0n) is 6.72. The number of Topliss-reactive ketones (excluding diaryl/α,β-unsaturated/α-hetero) is 1. The molecule has 0 saturated carbocycles. The molecule has 0 aliphatic rings. The number of rotatable bonds is 2. The van der Waals surface area contributed by atoms with Crippen LogP contribution in [0, 0.1) is 0 Å². The summed E-state index contributed by atoms with van der Waals surface area (Å²) >= 11 is 0. The van der Waals surface area contributed by atoms with Gasteiger partial charge in [-0.25, -0.2) is 4.79 Å². The lowest BCUT2D eigenvalue weighted by Crippen LogP contribution is -2.31. The van der Waals surface area contributed by atoms with E-state index in [2.05, 4.69) is 0 Å². The minimum Gasteiger partial charge on any atom is -0.514 e. The summed E-state index contributed by atoms with van der Waals surface area (Å²) in [6.45, 7) is 6.78. The Balaban J connectivity index is 3.93. The third kappa shape index (κ3) is 4.26. The summed E-state index contributed by atoms with van der Waals surface area (Å²) in [5.74, 6) is -1.23. The molecule has 0 spiro atoms. The third-order valence-corrected chi connectivity index (χ3v) is 1.48. The van der Waals surface area contributed by atoms with Crippen molar-refractivity contribution in [2.24, 2.45) is 0 Å². The van der Waals surface area contributed by atoms with Gasteiger partial charge >= 0.3 is 5.97 Å². The first-order valence-corrected chi connectivity index (χ1v) is 6.47. The molecule has 10 heavy (non-hydrogen) atoms. The van der Waals surface area contributed by atoms with Crippen molar-refractivity contribution in [3.05, 3.63) is 0 Å². The predicted molar refractivity (Wildman–Crippen MR) is 40.1 cm³/mol. The van der Waals surface area contributed by atoms with Crippen molar-refractivity contribution in [1.82, 2.24) is 0 Å². The Kier molecular flexibility index (Phi) is 2.77. The van der Waals surface area contributed by atoms with Crippen LogP contribution in [0.25, 0.3) is 0 Å². The topological polar surface area (TPSA) is 43.4 Å². The van der Waals surface area contributed by atoms with Crippen LogP contribution in [0.4, 0.5) is 0 Å². The van der Waals surface area contributed by atoms with Gasteiger partial charge in [0.15, 0.2) is 0 Å². The second-order valence-electron chi connectivity index (χ2n) is 3.06. The Hall–Kier alpha value is -0.643. The van der Waals surface area contributed by atoms with E-state index in [1.165, 1.54) is 6.92 Å². The van der Waals surface area contributed by atoms with Gasteiger partial charge in [0.1, 0.15) is 0 Å². The second-order valence-corrected chi connectivity index (χ2v) is 7.49. The van der Waals surface area contributed by atoms with Crippen LogP contribution in [0.15, 0.2) is 0 Å². The summed E-state index contributed by atoms with van der Waals surface area (Å²) in [6, 6.07) is 0. The van der Waals surface area contributed by atoms with E-state index in [1.54, 1.807) is 0 Å². The van der Waals surface area contributed by atoms with E-state index in [9.17, 15) is 9.59 Å². The fourth-order valence-electron chi connectivity index (χ4n) is 0.350. The molecule has 0 saturated heterocycles. The van der Waals surface area contributed by atoms with E-state index >= 15 is 0 Å². The van der Waals surface area contributed by atoms with Crippen molar-refractivity contribution in [3.63, 3.8) is 0 Å². The van der Waals surface area contributed by atoms with E-state index < -0.39 is 20.1 Å². The highest BCUT2D eigenvalue weighted by Gasteiger charge is 2.21. The minimum atomic E-state index is -1.85. The van der Waals surface area contributed by atoms with Gasteiger partial charge in [0.05, 0.1) is 0 Å². The summed E-state index contributed by atoms with van der Waals surface area (Å²) in [7, 11) is -1.85. The molecule has 0 heterocycles. The van der Waals surface area contributed by atoms with Crippen LogP contribution >= 0.6 is 0 Å². The molecular weight excluding hydrogens is 148 g/mol. The minimum absolute atomic E-state index is 0.526. The molecule has 0 aliphatic carbocycles. The molecule has 0 fully saturated rings. The first kappa shape index (κ1) is 9.36. The van der Waals surface area contributed by atoms with Crippen molar-refractivity contribution in [2.75, 3.05) is 0 Å². The number of hydrogen-bond donors (Lipinski definition) is 0. The van der Waals surface area contributed by atoms with Crippen LogP contribution in [0.2, 0.25) is 19.6 Å². The van der Waals surface area contributed by atoms with Crippen molar-refractivity contribution in [1.29, 1.82) is 0 Å². The Morgan fingerprint density at radius 2 is 1.60 bits per heavy atom. The van der Waals surface area contributed by atoms with Gasteiger partial charge in [0.25, 0.3) is 0 Å². The van der Waals surface area contributed by atoms with Crippen LogP contribution in [-0.4, -0.2) is 20.1 Å². The first-order valence-electron chi connectivity index (χ1n) is 3.07. The maximum absolute atomic E-state index is 10.6. The zero-order chi connectivity index (χ0) is 8.36. The van der Waals surface area contributed by atoms with Gasteiger partial charge < -0.3 is 4.43 Å². The molecule has 0 aromatic carbocycles. The lowest BCUT2D eigenvalue weighted by Gasteiger charge is -2.15. The van der Waals surface area contributed by atoms with E-state index in [0.29, 0.717) is 0 Å². The predicted octanol–water partition coefficient (Wildman–Crippen LogP) is 0.953. The Morgan fingerprint density at radius 1 is 1.20 bits per heavy atom. The smallest absolute Gasteiger partial charge is 0.360 e. The van der Waals surface area contributed by atoms with Crippen LogP contribution in [-0.2, 0) is 14.0 Å². The standard InChI is InChI=1S/C6H12O3Si/c1-5(7)6(8)9-10(2,3)4/h1-4H3. The van der Waals surface area contributed by atoms with Crippen molar-refractivity contribution < 1.29 is 14.0 Å². The molecule has 0 rings (SSSR count). The molecule has 0 aromatic rings. The van der Waals surface area contributed by atoms with Gasteiger partial charge in [0.2, 0.25) is 14.1 Å². The Bertz CT molecular complexity index is 157. The van der Waals surface area contributed by atoms with Crippen LogP contribution in [0.3, 0.4) is 0 Å². The van der Waals surface area contributed by atoms with Gasteiger partial charge in [-0.1, -0.05) is 0 Å². The SMILES string of the molecule is CC(=O)C(=O)O[Si](C)(C)C. The molecule has 3 nitrogen and oxygen atoms in total. The lowest BCUT2D eigenvalue weighted by atomic mass is 10.5. The third-order valence-electron chi connectivity index (χ3n) is 0.686. The largest absolute Gasteiger partial charge is 0.514 e. The number of carbonyl (C=O) groups is 2. The summed E-state index contributed by atoms with van der Waals surface area (Å²) < 4.78 is 4.85. The molecule has 0 bridgehead atoms. The van der Waals surface area contributed by atoms with E-state index in [-0.39, 0.29) is 0 Å². The zero-order valence-corrected chi connectivity index (χ0v) is 7.72. The maximum atomic E-state index is 10.6. The van der Waals surface area contributed by atoms with Gasteiger partial charge in [-0.2, -0.15) is 0 Å². The first-order chi connectivity index (χ1) is 4.33. The highest BCUT2D eigenvalue weighted by atomic mass is 28.4. The molecule has 0 radical (unpaired) electrons. The van der Waals surface area contributed by atoms with Crippen molar-refractivity contribution in [3.8, 4) is 0 Å². The summed E-state index contributed by atoms with van der Waals surface area (Å²) in [5.41, 5.74) is 0. The molecule has 0 atom stereocenters. The van der Waals surface area contributed by atoms with E-state index in [4.69, 9.17) is 4.43 Å². The quantitative estimate of drug-likeness (QED) is 0.446.